The lowest BCUT2D eigenvalue weighted by Gasteiger charge is -2.19. The smallest absolute Gasteiger partial charge is 0.325 e. The normalized spacial score (nSPS) is 12.8. The molecule has 1 amide bonds. The zero-order chi connectivity index (χ0) is 16.5. The average molecular weight is 300 g/mol. The molecule has 0 heterocycles. The summed E-state index contributed by atoms with van der Waals surface area (Å²) in [7, 11) is 1.23. The van der Waals surface area contributed by atoms with Crippen LogP contribution in [0, 0.1) is 0 Å². The lowest BCUT2D eigenvalue weighted by atomic mass is 10.1. The highest BCUT2D eigenvalue weighted by Gasteiger charge is 2.16. The summed E-state index contributed by atoms with van der Waals surface area (Å²) in [6, 6.07) is -0.443. The summed E-state index contributed by atoms with van der Waals surface area (Å²) in [5.74, 6) is -1.32. The van der Waals surface area contributed by atoms with Gasteiger partial charge in [0.05, 0.1) is 7.11 Å². The molecule has 0 radical (unpaired) electrons. The van der Waals surface area contributed by atoms with E-state index in [1.807, 2.05) is 0 Å². The number of rotatable bonds is 7. The number of carbonyl (C=O) groups excluding carboxylic acids is 3. The van der Waals surface area contributed by atoms with E-state index >= 15 is 0 Å². The van der Waals surface area contributed by atoms with Crippen molar-refractivity contribution in [2.45, 2.75) is 45.3 Å². The molecule has 7 nitrogen and oxygen atoms in total. The predicted molar refractivity (Wildman–Crippen MR) is 77.2 cm³/mol. The van der Waals surface area contributed by atoms with Crippen LogP contribution in [0.5, 0.6) is 0 Å². The maximum Gasteiger partial charge on any atom is 0.325 e. The van der Waals surface area contributed by atoms with Gasteiger partial charge in [-0.1, -0.05) is 6.08 Å². The van der Waals surface area contributed by atoms with Gasteiger partial charge in [0.2, 0.25) is 5.91 Å². The number of ether oxygens (including phenoxy) is 2. The lowest BCUT2D eigenvalue weighted by Crippen LogP contribution is -2.29. The monoisotopic (exact) mass is 300 g/mol. The van der Waals surface area contributed by atoms with Crippen LogP contribution in [0.4, 0.5) is 0 Å². The molecule has 0 spiro atoms. The molecule has 0 fully saturated rings. The fourth-order valence-electron chi connectivity index (χ4n) is 1.27. The fraction of sp³-hybridized carbons (Fsp3) is 0.643. The van der Waals surface area contributed by atoms with Crippen LogP contribution >= 0.6 is 0 Å². The summed E-state index contributed by atoms with van der Waals surface area (Å²) in [6.45, 7) is 5.16. The summed E-state index contributed by atoms with van der Waals surface area (Å²) in [4.78, 5) is 33.6. The first kappa shape index (κ1) is 19.1. The molecule has 0 aliphatic heterocycles. The number of methoxy groups -OCH3 is 1. The maximum absolute atomic E-state index is 11.5. The van der Waals surface area contributed by atoms with Gasteiger partial charge in [-0.05, 0) is 27.2 Å². The van der Waals surface area contributed by atoms with Gasteiger partial charge in [-0.3, -0.25) is 14.4 Å². The number of hydrogen-bond donors (Lipinski definition) is 2. The predicted octanol–water partition coefficient (Wildman–Crippen LogP) is 0.281. The molecule has 1 unspecified atom stereocenters. The van der Waals surface area contributed by atoms with Gasteiger partial charge < -0.3 is 20.5 Å². The van der Waals surface area contributed by atoms with Crippen LogP contribution in [-0.2, 0) is 23.9 Å². The minimum Gasteiger partial charge on any atom is -0.468 e. The minimum atomic E-state index is -0.536. The van der Waals surface area contributed by atoms with Crippen molar-refractivity contribution in [1.29, 1.82) is 0 Å². The maximum atomic E-state index is 11.5. The molecule has 3 N–H and O–H groups in total. The molecule has 0 aromatic rings. The van der Waals surface area contributed by atoms with Crippen molar-refractivity contribution in [2.75, 3.05) is 13.7 Å². The number of nitrogens with one attached hydrogen (secondary N) is 1. The molecule has 0 saturated heterocycles. The Bertz CT molecular complexity index is 399. The van der Waals surface area contributed by atoms with Gasteiger partial charge in [-0.2, -0.15) is 0 Å². The van der Waals surface area contributed by atoms with Crippen LogP contribution in [0.2, 0.25) is 0 Å². The van der Waals surface area contributed by atoms with Crippen LogP contribution in [0.25, 0.3) is 0 Å². The van der Waals surface area contributed by atoms with Crippen molar-refractivity contribution < 1.29 is 23.9 Å². The Morgan fingerprint density at radius 1 is 1.24 bits per heavy atom. The molecular weight excluding hydrogens is 276 g/mol. The van der Waals surface area contributed by atoms with E-state index in [1.54, 1.807) is 20.8 Å². The van der Waals surface area contributed by atoms with Crippen LogP contribution in [0.15, 0.2) is 12.2 Å². The third kappa shape index (κ3) is 11.6. The molecule has 0 saturated carbocycles. The van der Waals surface area contributed by atoms with Crippen molar-refractivity contribution in [3.63, 3.8) is 0 Å². The molecule has 0 bridgehead atoms. The highest BCUT2D eigenvalue weighted by atomic mass is 16.6. The van der Waals surface area contributed by atoms with Gasteiger partial charge in [0.15, 0.2) is 0 Å². The van der Waals surface area contributed by atoms with Crippen molar-refractivity contribution >= 4 is 17.8 Å². The van der Waals surface area contributed by atoms with E-state index in [0.29, 0.717) is 6.42 Å². The Morgan fingerprint density at radius 2 is 1.86 bits per heavy atom. The van der Waals surface area contributed by atoms with Crippen LogP contribution < -0.4 is 11.1 Å². The van der Waals surface area contributed by atoms with E-state index in [9.17, 15) is 14.4 Å². The molecule has 0 aromatic carbocycles. The third-order valence-electron chi connectivity index (χ3n) is 2.23. The van der Waals surface area contributed by atoms with Crippen LogP contribution in [-0.4, -0.2) is 43.1 Å². The second-order valence-corrected chi connectivity index (χ2v) is 5.44. The summed E-state index contributed by atoms with van der Waals surface area (Å²) >= 11 is 0. The van der Waals surface area contributed by atoms with Gasteiger partial charge in [0, 0.05) is 18.5 Å². The van der Waals surface area contributed by atoms with Gasteiger partial charge >= 0.3 is 11.9 Å². The zero-order valence-corrected chi connectivity index (χ0v) is 13.0. The fourth-order valence-corrected chi connectivity index (χ4v) is 1.27. The number of nitrogens with two attached hydrogens (primary N) is 1. The molecule has 21 heavy (non-hydrogen) atoms. The van der Waals surface area contributed by atoms with E-state index in [0.717, 1.165) is 0 Å². The van der Waals surface area contributed by atoms with E-state index < -0.39 is 23.5 Å². The second kappa shape index (κ2) is 9.12. The highest BCUT2D eigenvalue weighted by molar-refractivity contribution is 5.90. The van der Waals surface area contributed by atoms with Gasteiger partial charge in [-0.25, -0.2) is 0 Å². The van der Waals surface area contributed by atoms with Gasteiger partial charge in [-0.15, -0.1) is 0 Å². The van der Waals surface area contributed by atoms with Crippen molar-refractivity contribution in [1.82, 2.24) is 5.32 Å². The molecule has 0 aliphatic rings. The number of carbonyl (C=O) groups is 3. The van der Waals surface area contributed by atoms with E-state index in [-0.39, 0.29) is 18.9 Å². The Balaban J connectivity index is 4.00. The number of hydrogen-bond acceptors (Lipinski definition) is 6. The summed E-state index contributed by atoms with van der Waals surface area (Å²) in [6.07, 6.45) is 3.24. The summed E-state index contributed by atoms with van der Waals surface area (Å²) in [5.41, 5.74) is 5.23. The summed E-state index contributed by atoms with van der Waals surface area (Å²) in [5, 5.41) is 2.34. The first-order chi connectivity index (χ1) is 9.64. The third-order valence-corrected chi connectivity index (χ3v) is 2.23. The first-order valence-corrected chi connectivity index (χ1v) is 6.64. The van der Waals surface area contributed by atoms with E-state index in [4.69, 9.17) is 10.5 Å². The number of esters is 2. The Hall–Kier alpha value is -1.89. The molecule has 0 aliphatic carbocycles. The minimum absolute atomic E-state index is 0.173. The van der Waals surface area contributed by atoms with Gasteiger partial charge in [0.1, 0.15) is 12.1 Å². The Morgan fingerprint density at radius 3 is 2.38 bits per heavy atom. The Labute approximate surface area is 124 Å². The molecule has 0 rings (SSSR count). The van der Waals surface area contributed by atoms with Crippen molar-refractivity contribution in [3.8, 4) is 0 Å². The molecule has 0 aromatic heterocycles. The van der Waals surface area contributed by atoms with Crippen molar-refractivity contribution in [3.05, 3.63) is 12.2 Å². The molecule has 120 valence electrons. The van der Waals surface area contributed by atoms with Crippen molar-refractivity contribution in [2.24, 2.45) is 5.73 Å². The molecule has 7 heteroatoms. The lowest BCUT2D eigenvalue weighted by molar-refractivity contribution is -0.155. The zero-order valence-electron chi connectivity index (χ0n) is 13.0. The average Bonchev–Trinajstić information content (AvgIpc) is 2.38. The van der Waals surface area contributed by atoms with Crippen LogP contribution in [0.3, 0.4) is 0 Å². The standard InChI is InChI=1S/C14H24N2O5/c1-14(2,3)21-12(18)8-6-10(15)5-7-11(17)16-9-13(19)20-4/h5,7,10H,6,8-9,15H2,1-4H3,(H,16,17). The van der Waals surface area contributed by atoms with E-state index in [2.05, 4.69) is 10.1 Å². The second-order valence-electron chi connectivity index (χ2n) is 5.44. The highest BCUT2D eigenvalue weighted by Crippen LogP contribution is 2.09. The number of amides is 1. The first-order valence-electron chi connectivity index (χ1n) is 6.64. The largest absolute Gasteiger partial charge is 0.468 e. The Kier molecular flexibility index (Phi) is 8.30. The van der Waals surface area contributed by atoms with Gasteiger partial charge in [0.25, 0.3) is 0 Å². The van der Waals surface area contributed by atoms with Crippen LogP contribution in [0.1, 0.15) is 33.6 Å². The molecular formula is C14H24N2O5. The SMILES string of the molecule is COC(=O)CNC(=O)C=CC(N)CCC(=O)OC(C)(C)C. The summed E-state index contributed by atoms with van der Waals surface area (Å²) < 4.78 is 9.52. The quantitative estimate of drug-likeness (QED) is 0.516. The topological polar surface area (TPSA) is 108 Å². The molecule has 1 atom stereocenters. The van der Waals surface area contributed by atoms with E-state index in [1.165, 1.54) is 19.3 Å².